The molecule has 0 amide bonds. The summed E-state index contributed by atoms with van der Waals surface area (Å²) in [5, 5.41) is 0. The van der Waals surface area contributed by atoms with Crippen LogP contribution in [0.2, 0.25) is 0 Å². The van der Waals surface area contributed by atoms with Gasteiger partial charge in [0.15, 0.2) is 5.41 Å². The Morgan fingerprint density at radius 3 is 2.12 bits per heavy atom. The molecule has 0 saturated heterocycles. The van der Waals surface area contributed by atoms with Crippen LogP contribution in [-0.2, 0) is 19.1 Å². The van der Waals surface area contributed by atoms with Gasteiger partial charge in [-0.15, -0.1) is 0 Å². The van der Waals surface area contributed by atoms with Gasteiger partial charge >= 0.3 is 11.9 Å². The van der Waals surface area contributed by atoms with Gasteiger partial charge in [0.05, 0.1) is 14.2 Å². The van der Waals surface area contributed by atoms with Crippen LogP contribution in [0.25, 0.3) is 0 Å². The van der Waals surface area contributed by atoms with Crippen LogP contribution >= 0.6 is 0 Å². The molecule has 0 atom stereocenters. The molecular weight excluding hydrogens is 316 g/mol. The largest absolute Gasteiger partial charge is 0.468 e. The lowest BCUT2D eigenvalue weighted by Crippen LogP contribution is -2.40. The molecule has 0 radical (unpaired) electrons. The molecule has 4 heteroatoms. The third-order valence-corrected chi connectivity index (χ3v) is 4.27. The van der Waals surface area contributed by atoms with Crippen LogP contribution in [0, 0.1) is 31.1 Å². The number of carbonyl (C=O) groups is 2. The first kappa shape index (κ1) is 18.8. The molecule has 4 nitrogen and oxygen atoms in total. The molecule has 0 heterocycles. The summed E-state index contributed by atoms with van der Waals surface area (Å²) in [6.07, 6.45) is 4.29. The van der Waals surface area contributed by atoms with Crippen molar-refractivity contribution in [2.45, 2.75) is 39.5 Å². The summed E-state index contributed by atoms with van der Waals surface area (Å²) >= 11 is 0. The van der Waals surface area contributed by atoms with E-state index < -0.39 is 17.4 Å². The summed E-state index contributed by atoms with van der Waals surface area (Å²) in [4.78, 5) is 24.8. The summed E-state index contributed by atoms with van der Waals surface area (Å²) in [5.74, 6) is 4.84. The average Bonchev–Trinajstić information content (AvgIpc) is 3.40. The standard InChI is InChI=1S/C21H24O4/c1-15-12-16(2)14-18(13-15)6-5-10-21(19(22)24-3,20(23)25-4)11-9-17-7-8-17/h9,12-14H,7-8,10-11H2,1-4H3. The van der Waals surface area contributed by atoms with Crippen molar-refractivity contribution >= 4 is 11.9 Å². The maximum Gasteiger partial charge on any atom is 0.324 e. The number of methoxy groups -OCH3 is 2. The highest BCUT2D eigenvalue weighted by Crippen LogP contribution is 2.35. The second-order valence-corrected chi connectivity index (χ2v) is 6.49. The van der Waals surface area contributed by atoms with E-state index in [1.54, 1.807) is 0 Å². The number of carbonyl (C=O) groups excluding carboxylic acids is 2. The molecule has 1 aromatic carbocycles. The Labute approximate surface area is 149 Å². The molecule has 1 aliphatic carbocycles. The number of rotatable bonds is 5. The van der Waals surface area contributed by atoms with E-state index in [2.05, 4.69) is 17.9 Å². The summed E-state index contributed by atoms with van der Waals surface area (Å²) in [6, 6.07) is 6.02. The highest BCUT2D eigenvalue weighted by Gasteiger charge is 2.47. The molecule has 0 N–H and O–H groups in total. The second-order valence-electron chi connectivity index (χ2n) is 6.49. The average molecular weight is 340 g/mol. The van der Waals surface area contributed by atoms with Crippen LogP contribution in [0.3, 0.4) is 0 Å². The molecule has 132 valence electrons. The van der Waals surface area contributed by atoms with E-state index in [0.29, 0.717) is 0 Å². The SMILES string of the molecule is COC(=O)C(CC#Cc1cc(C)cc(C)c1)(CC=C1CC1)C(=O)OC. The van der Waals surface area contributed by atoms with Crippen molar-refractivity contribution in [1.82, 2.24) is 0 Å². The number of ether oxygens (including phenoxy) is 2. The number of hydrogen-bond acceptors (Lipinski definition) is 4. The fraction of sp³-hybridized carbons (Fsp3) is 0.429. The van der Waals surface area contributed by atoms with E-state index in [-0.39, 0.29) is 12.8 Å². The van der Waals surface area contributed by atoms with Gasteiger partial charge in [0.2, 0.25) is 0 Å². The van der Waals surface area contributed by atoms with Gasteiger partial charge in [0, 0.05) is 12.0 Å². The minimum atomic E-state index is -1.41. The smallest absolute Gasteiger partial charge is 0.324 e. The van der Waals surface area contributed by atoms with Crippen molar-refractivity contribution in [3.05, 3.63) is 46.5 Å². The Balaban J connectivity index is 2.31. The van der Waals surface area contributed by atoms with Crippen molar-refractivity contribution in [1.29, 1.82) is 0 Å². The fourth-order valence-corrected chi connectivity index (χ4v) is 2.80. The van der Waals surface area contributed by atoms with E-state index in [9.17, 15) is 9.59 Å². The lowest BCUT2D eigenvalue weighted by atomic mass is 9.81. The normalized spacial score (nSPS) is 12.7. The molecule has 1 aromatic rings. The first-order valence-corrected chi connectivity index (χ1v) is 8.33. The third kappa shape index (κ3) is 4.73. The highest BCUT2D eigenvalue weighted by atomic mass is 16.5. The summed E-state index contributed by atoms with van der Waals surface area (Å²) in [5.41, 5.74) is 2.94. The zero-order valence-electron chi connectivity index (χ0n) is 15.3. The van der Waals surface area contributed by atoms with Gasteiger partial charge in [-0.2, -0.15) is 0 Å². The Morgan fingerprint density at radius 1 is 1.08 bits per heavy atom. The summed E-state index contributed by atoms with van der Waals surface area (Å²) in [7, 11) is 2.56. The molecule has 1 fully saturated rings. The van der Waals surface area contributed by atoms with Crippen molar-refractivity contribution in [2.75, 3.05) is 14.2 Å². The highest BCUT2D eigenvalue weighted by molar-refractivity contribution is 6.00. The molecule has 0 unspecified atom stereocenters. The number of hydrogen-bond donors (Lipinski definition) is 0. The van der Waals surface area contributed by atoms with Gasteiger partial charge in [-0.25, -0.2) is 0 Å². The summed E-state index contributed by atoms with van der Waals surface area (Å²) < 4.78 is 9.79. The minimum Gasteiger partial charge on any atom is -0.468 e. The second kappa shape index (κ2) is 8.02. The van der Waals surface area contributed by atoms with Gasteiger partial charge in [-0.1, -0.05) is 29.6 Å². The van der Waals surface area contributed by atoms with Gasteiger partial charge < -0.3 is 9.47 Å². The zero-order chi connectivity index (χ0) is 18.4. The fourth-order valence-electron chi connectivity index (χ4n) is 2.80. The van der Waals surface area contributed by atoms with E-state index in [0.717, 1.165) is 29.5 Å². The molecule has 0 aromatic heterocycles. The number of allylic oxidation sites excluding steroid dienone is 2. The van der Waals surface area contributed by atoms with Crippen LogP contribution in [-0.4, -0.2) is 26.2 Å². The van der Waals surface area contributed by atoms with Gasteiger partial charge in [-0.05, 0) is 56.4 Å². The Bertz CT molecular complexity index is 720. The van der Waals surface area contributed by atoms with Crippen LogP contribution in [0.1, 0.15) is 42.4 Å². The topological polar surface area (TPSA) is 52.6 Å². The van der Waals surface area contributed by atoms with Crippen LogP contribution in [0.15, 0.2) is 29.8 Å². The van der Waals surface area contributed by atoms with E-state index in [1.165, 1.54) is 19.8 Å². The van der Waals surface area contributed by atoms with Gasteiger partial charge in [0.25, 0.3) is 0 Å². The maximum absolute atomic E-state index is 12.4. The van der Waals surface area contributed by atoms with Gasteiger partial charge in [-0.3, -0.25) is 9.59 Å². The Hall–Kier alpha value is -2.54. The first-order valence-electron chi connectivity index (χ1n) is 8.33. The first-order chi connectivity index (χ1) is 11.9. The Kier molecular flexibility index (Phi) is 6.03. The molecule has 25 heavy (non-hydrogen) atoms. The molecular formula is C21H24O4. The number of esters is 2. The molecule has 0 aliphatic heterocycles. The van der Waals surface area contributed by atoms with Crippen molar-refractivity contribution in [3.63, 3.8) is 0 Å². The monoisotopic (exact) mass is 340 g/mol. The third-order valence-electron chi connectivity index (χ3n) is 4.27. The van der Waals surface area contributed by atoms with E-state index >= 15 is 0 Å². The van der Waals surface area contributed by atoms with Crippen LogP contribution < -0.4 is 0 Å². The van der Waals surface area contributed by atoms with E-state index in [4.69, 9.17) is 9.47 Å². The number of aryl methyl sites for hydroxylation is 2. The molecule has 0 bridgehead atoms. The van der Waals surface area contributed by atoms with Crippen molar-refractivity contribution < 1.29 is 19.1 Å². The van der Waals surface area contributed by atoms with Gasteiger partial charge in [0.1, 0.15) is 0 Å². The zero-order valence-corrected chi connectivity index (χ0v) is 15.3. The minimum absolute atomic E-state index is 0.0586. The van der Waals surface area contributed by atoms with Crippen LogP contribution in [0.4, 0.5) is 0 Å². The van der Waals surface area contributed by atoms with Crippen molar-refractivity contribution in [3.8, 4) is 11.8 Å². The van der Waals surface area contributed by atoms with E-state index in [1.807, 2.05) is 32.1 Å². The number of benzene rings is 1. The molecule has 2 rings (SSSR count). The lowest BCUT2D eigenvalue weighted by Gasteiger charge is -2.24. The molecule has 1 saturated carbocycles. The van der Waals surface area contributed by atoms with Crippen molar-refractivity contribution in [2.24, 2.45) is 5.41 Å². The summed E-state index contributed by atoms with van der Waals surface area (Å²) in [6.45, 7) is 4.01. The lowest BCUT2D eigenvalue weighted by molar-refractivity contribution is -0.168. The molecule has 0 spiro atoms. The quantitative estimate of drug-likeness (QED) is 0.356. The maximum atomic E-state index is 12.4. The molecule has 1 aliphatic rings. The predicted octanol–water partition coefficient (Wildman–Crippen LogP) is 3.49. The predicted molar refractivity (Wildman–Crippen MR) is 95.8 cm³/mol. The Morgan fingerprint density at radius 2 is 1.64 bits per heavy atom. The van der Waals surface area contributed by atoms with Crippen LogP contribution in [0.5, 0.6) is 0 Å².